The fraction of sp³-hybridized carbons (Fsp3) is 0.382. The lowest BCUT2D eigenvalue weighted by molar-refractivity contribution is 0.161. The zero-order valence-electron chi connectivity index (χ0n) is 69.7. The minimum Gasteiger partial charge on any atom is -0.395 e. The lowest BCUT2D eigenvalue weighted by Crippen LogP contribution is -2.44. The number of nitrogens with zero attached hydrogens (tertiary/aromatic N) is 26. The number of β-amino-alcohol motifs (C(OH)–C–C–N with tert-alkyl or cyclic N) is 1. The van der Waals surface area contributed by atoms with Gasteiger partial charge in [0.15, 0.2) is 22.6 Å². The van der Waals surface area contributed by atoms with Crippen molar-refractivity contribution < 1.29 is 10.2 Å². The molecule has 0 spiro atoms. The number of aromatic nitrogens is 21. The van der Waals surface area contributed by atoms with E-state index in [1.165, 1.54) is 6.07 Å². The summed E-state index contributed by atoms with van der Waals surface area (Å²) >= 11 is 0. The lowest BCUT2D eigenvalue weighted by atomic mass is 9.94. The molecule has 0 amide bonds. The van der Waals surface area contributed by atoms with Crippen molar-refractivity contribution in [1.82, 2.24) is 120 Å². The van der Waals surface area contributed by atoms with Crippen molar-refractivity contribution in [1.29, 1.82) is 0 Å². The number of fused-ring (bicyclic) bond motifs is 8. The summed E-state index contributed by atoms with van der Waals surface area (Å²) in [5.41, 5.74) is 19.2. The monoisotopic (exact) mass is 1630 g/mol. The van der Waals surface area contributed by atoms with Crippen LogP contribution in [0.3, 0.4) is 0 Å². The number of anilines is 1. The highest BCUT2D eigenvalue weighted by Crippen LogP contribution is 2.32. The highest BCUT2D eigenvalue weighted by molar-refractivity contribution is 5.69. The Morgan fingerprint density at radius 1 is 0.405 bits per heavy atom. The molecular formula is C89H100N26O6. The van der Waals surface area contributed by atoms with Crippen LogP contribution >= 0.6 is 0 Å². The Labute approximate surface area is 696 Å². The van der Waals surface area contributed by atoms with Crippen LogP contribution in [-0.2, 0) is 0 Å². The Kier molecular flexibility index (Phi) is 23.1. The molecule has 16 aromatic rings. The third-order valence-electron chi connectivity index (χ3n) is 24.0. The van der Waals surface area contributed by atoms with Crippen molar-refractivity contribution in [2.24, 2.45) is 0 Å². The first-order valence-corrected chi connectivity index (χ1v) is 41.7. The van der Waals surface area contributed by atoms with Crippen molar-refractivity contribution in [3.63, 3.8) is 0 Å². The van der Waals surface area contributed by atoms with Gasteiger partial charge in [0.2, 0.25) is 0 Å². The van der Waals surface area contributed by atoms with Crippen molar-refractivity contribution in [3.8, 4) is 45.2 Å². The van der Waals surface area contributed by atoms with E-state index in [2.05, 4.69) is 100 Å². The van der Waals surface area contributed by atoms with E-state index in [1.54, 1.807) is 65.1 Å². The molecule has 0 radical (unpaired) electrons. The number of aliphatic hydroxyl groups is 2. The molecule has 0 atom stereocenters. The third kappa shape index (κ3) is 17.5. The van der Waals surface area contributed by atoms with Gasteiger partial charge in [-0.2, -0.15) is 5.10 Å². The van der Waals surface area contributed by atoms with Crippen molar-refractivity contribution in [3.05, 3.63) is 246 Å². The van der Waals surface area contributed by atoms with Crippen molar-refractivity contribution in [2.45, 2.75) is 124 Å². The number of aliphatic hydroxyl groups excluding tert-OH is 2. The van der Waals surface area contributed by atoms with Crippen LogP contribution in [-0.4, -0.2) is 235 Å². The molecule has 4 saturated heterocycles. The third-order valence-corrected chi connectivity index (χ3v) is 24.0. The summed E-state index contributed by atoms with van der Waals surface area (Å²) in [5.74, 6) is 1.91. The van der Waals surface area contributed by atoms with E-state index in [-0.39, 0.29) is 35.5 Å². The first kappa shape index (κ1) is 80.8. The second-order valence-corrected chi connectivity index (χ2v) is 32.5. The van der Waals surface area contributed by atoms with Gasteiger partial charge in [0.1, 0.15) is 28.5 Å². The Morgan fingerprint density at radius 3 is 1.28 bits per heavy atom. The minimum absolute atomic E-state index is 0.0819. The van der Waals surface area contributed by atoms with Gasteiger partial charge in [-0.15, -0.1) is 0 Å². The maximum absolute atomic E-state index is 13.1. The number of likely N-dealkylation sites (tertiary alicyclic amines) is 3. The summed E-state index contributed by atoms with van der Waals surface area (Å²) < 4.78 is 14.0. The van der Waals surface area contributed by atoms with E-state index in [9.17, 15) is 24.3 Å². The van der Waals surface area contributed by atoms with Crippen LogP contribution in [0.4, 0.5) is 5.82 Å². The van der Waals surface area contributed by atoms with Crippen molar-refractivity contribution in [2.75, 3.05) is 104 Å². The van der Waals surface area contributed by atoms with Gasteiger partial charge in [0.25, 0.3) is 22.2 Å². The summed E-state index contributed by atoms with van der Waals surface area (Å²) in [5, 5.41) is 22.9. The molecule has 16 aromatic heterocycles. The SMILES string of the molecule is CCN1CCC(c2cn3c(=O)cc(-c4ccc5nc(C)cn5c4)nc3cn2)CC1.Cc1cn2cc(-c3cc(=O)n4cc(C5CCN(C)CC5)ncc4n3)ccc2n1.Cc1cn2cc(-c3cc(=O)n4cc(C5CCN(CCO)CC5)ncc4n3)ccc2n1.Cc1cn2nc(-c3cc(=O)n4cc(N5CCC(N(C)CCO)CC5)nc(C)c4n3)cc2c(C)n1. The van der Waals surface area contributed by atoms with Gasteiger partial charge in [-0.3, -0.25) is 56.7 Å². The van der Waals surface area contributed by atoms with E-state index in [4.69, 9.17) is 15.1 Å². The molecule has 20 heterocycles. The first-order chi connectivity index (χ1) is 58.6. The minimum atomic E-state index is -0.160. The second kappa shape index (κ2) is 34.6. The fourth-order valence-corrected chi connectivity index (χ4v) is 17.2. The quantitative estimate of drug-likeness (QED) is 0.103. The molecule has 121 heavy (non-hydrogen) atoms. The van der Waals surface area contributed by atoms with Crippen molar-refractivity contribution >= 4 is 50.9 Å². The highest BCUT2D eigenvalue weighted by atomic mass is 16.3. The van der Waals surface area contributed by atoms with Crippen LogP contribution in [0, 0.1) is 41.5 Å². The average Bonchev–Trinajstić information content (AvgIpc) is 1.74. The largest absolute Gasteiger partial charge is 0.395 e. The normalized spacial score (nSPS) is 15.8. The molecule has 0 aromatic carbocycles. The summed E-state index contributed by atoms with van der Waals surface area (Å²) in [7, 11) is 4.20. The van der Waals surface area contributed by atoms with Gasteiger partial charge in [0.05, 0.1) is 124 Å². The number of rotatable bonds is 14. The van der Waals surface area contributed by atoms with Crippen LogP contribution in [0.15, 0.2) is 173 Å². The van der Waals surface area contributed by atoms with Gasteiger partial charge in [-0.1, -0.05) is 6.92 Å². The first-order valence-electron chi connectivity index (χ1n) is 41.7. The van der Waals surface area contributed by atoms with E-state index in [0.717, 1.165) is 201 Å². The average molecular weight is 1630 g/mol. The van der Waals surface area contributed by atoms with E-state index in [1.807, 2.05) is 159 Å². The Bertz CT molecular complexity index is 6790. The smallest absolute Gasteiger partial charge is 0.258 e. The summed E-state index contributed by atoms with van der Waals surface area (Å²) in [6, 6.07) is 20.3. The molecule has 0 unspecified atom stereocenters. The van der Waals surface area contributed by atoms with E-state index >= 15 is 0 Å². The number of hydrogen-bond donors (Lipinski definition) is 2. The predicted molar refractivity (Wildman–Crippen MR) is 464 cm³/mol. The number of likely N-dealkylation sites (N-methyl/N-ethyl adjacent to an activating group) is 1. The van der Waals surface area contributed by atoms with Gasteiger partial charge in [-0.25, -0.2) is 44.4 Å². The Hall–Kier alpha value is -12.6. The van der Waals surface area contributed by atoms with Crippen LogP contribution in [0.25, 0.3) is 90.2 Å². The number of hydrogen-bond acceptors (Lipinski definition) is 24. The van der Waals surface area contributed by atoms with Crippen LogP contribution in [0.1, 0.15) is 127 Å². The number of imidazole rings is 3. The zero-order chi connectivity index (χ0) is 83.9. The standard InChI is InChI=1S/C24H30N8O2.C22H24N6O2.C22H24N6O.C21H22N6O/c1-15-13-32-21(16(2)25-15)11-20(28-32)19-12-23(34)31-14-22(26-17(3)24(31)27-19)30-7-5-18(6-8-30)29(4)9-10-33;1-15-12-27-13-17(2-3-20(27)24-15)18-10-22(30)28-14-19(23-11-21(28)25-18)16-4-6-26(7-5-16)8-9-29;1-3-26-8-6-16(7-9-26)19-14-28-21(11-23-19)25-18(10-22(28)29)17-4-5-20-24-15(2)12-27(20)13-17;1-14-11-26-12-16(3-4-19(26)23-14)17-9-21(28)27-13-18(22-10-20(27)24-17)15-5-7-25(2)8-6-15/h11-14,18,33H,5-10H2,1-4H3;2-3,10-14,16,29H,4-9H2,1H3;4-5,10-14,16H,3,6-9H2,1-2H3;3-4,9-13,15H,5-8H2,1-2H3. The van der Waals surface area contributed by atoms with Crippen LogP contribution < -0.4 is 27.1 Å². The lowest BCUT2D eigenvalue weighted by Gasteiger charge is -2.37. The molecule has 0 saturated carbocycles. The number of aryl methyl sites for hydroxylation is 6. The molecular weight excluding hydrogens is 1530 g/mol. The van der Waals surface area contributed by atoms with Gasteiger partial charge < -0.3 is 47.9 Å². The molecule has 622 valence electrons. The molecule has 0 aliphatic carbocycles. The number of piperidine rings is 4. The predicted octanol–water partition coefficient (Wildman–Crippen LogP) is 8.94. The number of pyridine rings is 3. The molecule has 32 heteroatoms. The molecule has 32 nitrogen and oxygen atoms in total. The van der Waals surface area contributed by atoms with Crippen LogP contribution in [0.2, 0.25) is 0 Å². The maximum atomic E-state index is 13.1. The molecule has 4 aliphatic heterocycles. The van der Waals surface area contributed by atoms with Gasteiger partial charge in [0, 0.05) is 147 Å². The molecule has 4 fully saturated rings. The zero-order valence-corrected chi connectivity index (χ0v) is 69.7. The Morgan fingerprint density at radius 2 is 0.835 bits per heavy atom. The molecule has 20 rings (SSSR count). The fourth-order valence-electron chi connectivity index (χ4n) is 17.2. The summed E-state index contributed by atoms with van der Waals surface area (Å²) in [6.07, 6.45) is 34.3. The van der Waals surface area contributed by atoms with E-state index < -0.39 is 0 Å². The Balaban J connectivity index is 0.000000115. The topological polar surface area (TPSA) is 328 Å². The summed E-state index contributed by atoms with van der Waals surface area (Å²) in [4.78, 5) is 118. The van der Waals surface area contributed by atoms with Gasteiger partial charge >= 0.3 is 0 Å². The van der Waals surface area contributed by atoms with E-state index in [0.29, 0.717) is 93.6 Å². The second-order valence-electron chi connectivity index (χ2n) is 32.5. The maximum Gasteiger partial charge on any atom is 0.258 e. The molecule has 4 aliphatic rings. The summed E-state index contributed by atoms with van der Waals surface area (Å²) in [6.45, 7) is 24.6. The van der Waals surface area contributed by atoms with Crippen LogP contribution in [0.5, 0.6) is 0 Å². The molecule has 2 N–H and O–H groups in total. The van der Waals surface area contributed by atoms with Gasteiger partial charge in [-0.05, 0) is 195 Å². The highest BCUT2D eigenvalue weighted by Gasteiger charge is 2.28. The molecule has 0 bridgehead atoms.